The maximum atomic E-state index is 8.72. The lowest BCUT2D eigenvalue weighted by Crippen LogP contribution is -2.14. The minimum atomic E-state index is 0.00374. The van der Waals surface area contributed by atoms with Crippen molar-refractivity contribution in [1.82, 2.24) is 0 Å². The van der Waals surface area contributed by atoms with Gasteiger partial charge < -0.3 is 57.6 Å². The molecule has 0 saturated heterocycles. The number of rotatable bonds is 29. The lowest BCUT2D eigenvalue weighted by Gasteiger charge is -2.16. The van der Waals surface area contributed by atoms with Gasteiger partial charge in [-0.3, -0.25) is 0 Å². The minimum absolute atomic E-state index is 0.00374. The Morgan fingerprint density at radius 1 is 0.300 bits per heavy atom. The molecular weight excluding hydrogens is 648 g/mol. The molecule has 4 rings (SSSR count). The van der Waals surface area contributed by atoms with E-state index in [2.05, 4.69) is 0 Å². The largest absolute Gasteiger partial charge is 0.487 e. The van der Waals surface area contributed by atoms with E-state index in [4.69, 9.17) is 57.6 Å². The zero-order valence-corrected chi connectivity index (χ0v) is 28.6. The first kappa shape index (κ1) is 39.1. The molecule has 0 radical (unpaired) electrons. The summed E-state index contributed by atoms with van der Waals surface area (Å²) in [7, 11) is 0. The van der Waals surface area contributed by atoms with Crippen LogP contribution in [0, 0.1) is 0 Å². The molecule has 0 heterocycles. The molecule has 274 valence electrons. The van der Waals surface area contributed by atoms with Crippen LogP contribution in [0.5, 0.6) is 23.0 Å². The average Bonchev–Trinajstić information content (AvgIpc) is 3.14. The van der Waals surface area contributed by atoms with E-state index < -0.39 is 0 Å². The number of fused-ring (bicyclic) bond motifs is 2. The molecule has 0 saturated carbocycles. The maximum Gasteiger partial charge on any atom is 0.161 e. The second-order valence-electron chi connectivity index (χ2n) is 10.8. The second-order valence-corrected chi connectivity index (χ2v) is 10.8. The number of benzene rings is 4. The Kier molecular flexibility index (Phi) is 19.1. The molecule has 4 aromatic carbocycles. The highest BCUT2D eigenvalue weighted by molar-refractivity contribution is 5.86. The molecule has 4 aromatic rings. The molecule has 12 nitrogen and oxygen atoms in total. The normalized spacial score (nSPS) is 11.3. The SMILES string of the molecule is OCCOCCOCCOCCOc1cc2ccccc2cc1OCCOc1cc2ccccc2cc1OCCOCCOCCOCCO. The summed E-state index contributed by atoms with van der Waals surface area (Å²) >= 11 is 0. The van der Waals surface area contributed by atoms with Gasteiger partial charge >= 0.3 is 0 Å². The number of aliphatic hydroxyl groups is 2. The predicted octanol–water partition coefficient (Wildman–Crippen LogP) is 4.29. The summed E-state index contributed by atoms with van der Waals surface area (Å²) in [6.45, 7) is 6.23. The predicted molar refractivity (Wildman–Crippen MR) is 189 cm³/mol. The van der Waals surface area contributed by atoms with Crippen LogP contribution in [0.2, 0.25) is 0 Å². The van der Waals surface area contributed by atoms with E-state index in [-0.39, 0.29) is 26.4 Å². The van der Waals surface area contributed by atoms with Crippen molar-refractivity contribution in [2.24, 2.45) is 0 Å². The van der Waals surface area contributed by atoms with Crippen molar-refractivity contribution in [2.45, 2.75) is 0 Å². The van der Waals surface area contributed by atoms with Crippen LogP contribution in [0.3, 0.4) is 0 Å². The molecule has 0 spiro atoms. The van der Waals surface area contributed by atoms with Crippen molar-refractivity contribution in [3.63, 3.8) is 0 Å². The van der Waals surface area contributed by atoms with Gasteiger partial charge in [0.15, 0.2) is 23.0 Å². The minimum Gasteiger partial charge on any atom is -0.487 e. The van der Waals surface area contributed by atoms with Crippen molar-refractivity contribution < 1.29 is 57.6 Å². The van der Waals surface area contributed by atoms with Crippen molar-refractivity contribution in [3.05, 3.63) is 72.8 Å². The fourth-order valence-electron chi connectivity index (χ4n) is 4.79. The van der Waals surface area contributed by atoms with Gasteiger partial charge in [-0.25, -0.2) is 0 Å². The van der Waals surface area contributed by atoms with Crippen molar-refractivity contribution >= 4 is 21.5 Å². The number of aliphatic hydroxyl groups excluding tert-OH is 2. The van der Waals surface area contributed by atoms with Gasteiger partial charge in [-0.1, -0.05) is 48.5 Å². The standard InChI is InChI=1S/C38H50O12/c39-9-11-41-13-15-43-17-19-45-21-23-47-35-27-31-5-1-3-7-33(31)29-37(35)49-25-26-50-38-30-34-8-4-2-6-32(34)28-36(38)48-24-22-46-20-18-44-16-14-42-12-10-40/h1-8,27-30,39-40H,9-26H2. The highest BCUT2D eigenvalue weighted by atomic mass is 16.6. The van der Waals surface area contributed by atoms with Gasteiger partial charge in [0.1, 0.15) is 26.4 Å². The summed E-state index contributed by atoms with van der Waals surface area (Å²) in [5.41, 5.74) is 0. The van der Waals surface area contributed by atoms with E-state index in [9.17, 15) is 0 Å². The molecule has 0 bridgehead atoms. The van der Waals surface area contributed by atoms with Crippen LogP contribution in [0.4, 0.5) is 0 Å². The monoisotopic (exact) mass is 698 g/mol. The van der Waals surface area contributed by atoms with Gasteiger partial charge in [-0.15, -0.1) is 0 Å². The fraction of sp³-hybridized carbons (Fsp3) is 0.474. The molecule has 0 aliphatic carbocycles. The van der Waals surface area contributed by atoms with E-state index in [0.29, 0.717) is 115 Å². The Bertz CT molecular complexity index is 1370. The highest BCUT2D eigenvalue weighted by Gasteiger charge is 2.11. The molecule has 12 heteroatoms. The lowest BCUT2D eigenvalue weighted by atomic mass is 10.1. The van der Waals surface area contributed by atoms with E-state index >= 15 is 0 Å². The van der Waals surface area contributed by atoms with Gasteiger partial charge in [-0.2, -0.15) is 0 Å². The van der Waals surface area contributed by atoms with Crippen LogP contribution in [0.1, 0.15) is 0 Å². The molecule has 0 amide bonds. The van der Waals surface area contributed by atoms with Gasteiger partial charge in [0.25, 0.3) is 0 Å². The Hall–Kier alpha value is -3.72. The molecule has 0 atom stereocenters. The number of ether oxygens (including phenoxy) is 10. The second kappa shape index (κ2) is 24.4. The third kappa shape index (κ3) is 14.6. The maximum absolute atomic E-state index is 8.72. The van der Waals surface area contributed by atoms with Crippen LogP contribution in [0.25, 0.3) is 21.5 Å². The third-order valence-electron chi connectivity index (χ3n) is 7.15. The summed E-state index contributed by atoms with van der Waals surface area (Å²) in [4.78, 5) is 0. The third-order valence-corrected chi connectivity index (χ3v) is 7.15. The van der Waals surface area contributed by atoms with Crippen LogP contribution in [0.15, 0.2) is 72.8 Å². The average molecular weight is 699 g/mol. The van der Waals surface area contributed by atoms with Crippen molar-refractivity contribution in [1.29, 1.82) is 0 Å². The van der Waals surface area contributed by atoms with Gasteiger partial charge in [0.2, 0.25) is 0 Å². The van der Waals surface area contributed by atoms with E-state index in [1.54, 1.807) is 0 Å². The molecular formula is C38H50O12. The number of hydrogen-bond donors (Lipinski definition) is 2. The summed E-state index contributed by atoms with van der Waals surface area (Å²) in [5, 5.41) is 21.6. The van der Waals surface area contributed by atoms with E-state index in [0.717, 1.165) is 21.5 Å². The number of hydrogen-bond acceptors (Lipinski definition) is 12. The molecule has 2 N–H and O–H groups in total. The fourth-order valence-corrected chi connectivity index (χ4v) is 4.79. The zero-order chi connectivity index (χ0) is 34.9. The molecule has 0 fully saturated rings. The Balaban J connectivity index is 1.23. The lowest BCUT2D eigenvalue weighted by molar-refractivity contribution is 0.00343. The van der Waals surface area contributed by atoms with E-state index in [1.165, 1.54) is 0 Å². The van der Waals surface area contributed by atoms with Crippen LogP contribution in [-0.2, 0) is 28.4 Å². The van der Waals surface area contributed by atoms with Crippen LogP contribution in [-0.4, -0.2) is 129 Å². The summed E-state index contributed by atoms with van der Waals surface area (Å²) in [6.07, 6.45) is 0. The summed E-state index contributed by atoms with van der Waals surface area (Å²) < 4.78 is 57.0. The first-order valence-corrected chi connectivity index (χ1v) is 17.0. The first-order chi connectivity index (χ1) is 24.8. The van der Waals surface area contributed by atoms with Gasteiger partial charge in [0, 0.05) is 0 Å². The van der Waals surface area contributed by atoms with Crippen molar-refractivity contribution in [3.8, 4) is 23.0 Å². The van der Waals surface area contributed by atoms with Gasteiger partial charge in [-0.05, 0) is 45.8 Å². The smallest absolute Gasteiger partial charge is 0.161 e. The first-order valence-electron chi connectivity index (χ1n) is 17.0. The Morgan fingerprint density at radius 3 is 0.780 bits per heavy atom. The Morgan fingerprint density at radius 2 is 0.520 bits per heavy atom. The highest BCUT2D eigenvalue weighted by Crippen LogP contribution is 2.34. The van der Waals surface area contributed by atoms with Crippen LogP contribution >= 0.6 is 0 Å². The summed E-state index contributed by atoms with van der Waals surface area (Å²) in [5.74, 6) is 2.49. The molecule has 0 aliphatic rings. The van der Waals surface area contributed by atoms with E-state index in [1.807, 2.05) is 72.8 Å². The Labute approximate surface area is 293 Å². The van der Waals surface area contributed by atoms with Gasteiger partial charge in [0.05, 0.1) is 92.5 Å². The summed E-state index contributed by atoms with van der Waals surface area (Å²) in [6, 6.07) is 24.0. The molecule has 0 aromatic heterocycles. The van der Waals surface area contributed by atoms with Crippen LogP contribution < -0.4 is 18.9 Å². The topological polar surface area (TPSA) is 133 Å². The molecule has 0 aliphatic heterocycles. The molecule has 50 heavy (non-hydrogen) atoms. The molecule has 0 unspecified atom stereocenters. The van der Waals surface area contributed by atoms with Crippen molar-refractivity contribution in [2.75, 3.05) is 119 Å². The quantitative estimate of drug-likeness (QED) is 0.0785. The zero-order valence-electron chi connectivity index (χ0n) is 28.6.